The minimum Gasteiger partial charge on any atom is -0.478 e. The molecule has 0 atom stereocenters. The number of likely N-dealkylation sites (N-methyl/N-ethyl adjacent to an activating group) is 1. The van der Waals surface area contributed by atoms with Crippen molar-refractivity contribution >= 4 is 17.6 Å². The molecule has 0 aliphatic carbocycles. The van der Waals surface area contributed by atoms with Gasteiger partial charge in [-0.1, -0.05) is 0 Å². The number of carboxylic acid groups (broad SMARTS) is 1. The number of carbonyl (C=O) groups is 2. The van der Waals surface area contributed by atoms with Gasteiger partial charge in [-0.3, -0.25) is 4.79 Å². The number of rotatable bonds is 5. The molecule has 0 fully saturated rings. The highest BCUT2D eigenvalue weighted by atomic mass is 16.4. The molecule has 0 unspecified atom stereocenters. The second kappa shape index (κ2) is 6.05. The van der Waals surface area contributed by atoms with E-state index in [0.717, 1.165) is 11.3 Å². The molecule has 1 amide bonds. The Hall–Kier alpha value is -2.04. The summed E-state index contributed by atoms with van der Waals surface area (Å²) in [6.07, 6.45) is 0. The zero-order valence-electron chi connectivity index (χ0n) is 10.9. The molecule has 0 bridgehead atoms. The maximum absolute atomic E-state index is 11.6. The molecule has 0 aliphatic rings. The second-order valence-corrected chi connectivity index (χ2v) is 4.10. The van der Waals surface area contributed by atoms with Crippen molar-refractivity contribution in [3.05, 3.63) is 29.3 Å². The van der Waals surface area contributed by atoms with E-state index in [2.05, 4.69) is 5.32 Å². The first-order valence-electron chi connectivity index (χ1n) is 5.77. The molecule has 5 heteroatoms. The van der Waals surface area contributed by atoms with E-state index in [4.69, 9.17) is 5.11 Å². The second-order valence-electron chi connectivity index (χ2n) is 4.10. The first-order valence-corrected chi connectivity index (χ1v) is 5.77. The van der Waals surface area contributed by atoms with Crippen molar-refractivity contribution in [3.8, 4) is 0 Å². The van der Waals surface area contributed by atoms with Crippen LogP contribution in [-0.4, -0.2) is 42.0 Å². The Morgan fingerprint density at radius 1 is 1.39 bits per heavy atom. The lowest BCUT2D eigenvalue weighted by Gasteiger charge is -2.16. The van der Waals surface area contributed by atoms with Gasteiger partial charge in [-0.2, -0.15) is 0 Å². The molecule has 5 nitrogen and oxygen atoms in total. The number of nitrogens with one attached hydrogen (secondary N) is 1. The van der Waals surface area contributed by atoms with E-state index in [1.165, 1.54) is 6.07 Å². The van der Waals surface area contributed by atoms with Crippen LogP contribution in [0.1, 0.15) is 22.8 Å². The standard InChI is InChI=1S/C13H18N2O3/c1-4-15(3)12(16)8-14-11-6-5-10(13(17)18)7-9(11)2/h5-7,14H,4,8H2,1-3H3,(H,17,18). The lowest BCUT2D eigenvalue weighted by atomic mass is 10.1. The Kier molecular flexibility index (Phi) is 4.71. The van der Waals surface area contributed by atoms with E-state index < -0.39 is 5.97 Å². The number of hydrogen-bond acceptors (Lipinski definition) is 3. The molecule has 0 spiro atoms. The lowest BCUT2D eigenvalue weighted by Crippen LogP contribution is -2.32. The number of nitrogens with zero attached hydrogens (tertiary/aromatic N) is 1. The summed E-state index contributed by atoms with van der Waals surface area (Å²) in [7, 11) is 1.74. The third-order valence-corrected chi connectivity index (χ3v) is 2.80. The average molecular weight is 250 g/mol. The minimum absolute atomic E-state index is 0.000730. The Bertz CT molecular complexity index is 458. The van der Waals surface area contributed by atoms with Gasteiger partial charge in [0.25, 0.3) is 0 Å². The number of amides is 1. The van der Waals surface area contributed by atoms with E-state index in [0.29, 0.717) is 6.54 Å². The molecule has 0 aliphatic heterocycles. The van der Waals surface area contributed by atoms with Gasteiger partial charge in [0.15, 0.2) is 0 Å². The molecule has 0 heterocycles. The molecule has 1 rings (SSSR count). The van der Waals surface area contributed by atoms with Gasteiger partial charge < -0.3 is 15.3 Å². The molecule has 98 valence electrons. The van der Waals surface area contributed by atoms with Crippen LogP contribution in [0.5, 0.6) is 0 Å². The van der Waals surface area contributed by atoms with Crippen LogP contribution in [-0.2, 0) is 4.79 Å². The number of anilines is 1. The predicted octanol–water partition coefficient (Wildman–Crippen LogP) is 1.58. The van der Waals surface area contributed by atoms with Crippen molar-refractivity contribution in [2.45, 2.75) is 13.8 Å². The smallest absolute Gasteiger partial charge is 0.335 e. The van der Waals surface area contributed by atoms with Crippen molar-refractivity contribution < 1.29 is 14.7 Å². The van der Waals surface area contributed by atoms with Crippen LogP contribution >= 0.6 is 0 Å². The molecule has 18 heavy (non-hydrogen) atoms. The first kappa shape index (κ1) is 14.0. The summed E-state index contributed by atoms with van der Waals surface area (Å²) >= 11 is 0. The van der Waals surface area contributed by atoms with Gasteiger partial charge in [0, 0.05) is 19.3 Å². The number of aryl methyl sites for hydroxylation is 1. The largest absolute Gasteiger partial charge is 0.478 e. The monoisotopic (exact) mass is 250 g/mol. The lowest BCUT2D eigenvalue weighted by molar-refractivity contribution is -0.127. The fourth-order valence-corrected chi connectivity index (χ4v) is 1.48. The van der Waals surface area contributed by atoms with E-state index >= 15 is 0 Å². The number of carboxylic acids is 1. The van der Waals surface area contributed by atoms with Gasteiger partial charge in [0.2, 0.25) is 5.91 Å². The van der Waals surface area contributed by atoms with Gasteiger partial charge in [-0.15, -0.1) is 0 Å². The third kappa shape index (κ3) is 3.48. The molecule has 1 aromatic carbocycles. The summed E-state index contributed by atoms with van der Waals surface area (Å²) in [5, 5.41) is 11.9. The van der Waals surface area contributed by atoms with Crippen LogP contribution < -0.4 is 5.32 Å². The zero-order chi connectivity index (χ0) is 13.7. The fraction of sp³-hybridized carbons (Fsp3) is 0.385. The quantitative estimate of drug-likeness (QED) is 0.832. The molecule has 1 aromatic rings. The molecule has 0 saturated heterocycles. The molecule has 2 N–H and O–H groups in total. The predicted molar refractivity (Wildman–Crippen MR) is 69.9 cm³/mol. The van der Waals surface area contributed by atoms with E-state index in [1.807, 2.05) is 13.8 Å². The Morgan fingerprint density at radius 3 is 2.56 bits per heavy atom. The van der Waals surface area contributed by atoms with E-state index in [-0.39, 0.29) is 18.0 Å². The van der Waals surface area contributed by atoms with E-state index in [1.54, 1.807) is 24.1 Å². The van der Waals surface area contributed by atoms with Gasteiger partial charge >= 0.3 is 5.97 Å². The first-order chi connectivity index (χ1) is 8.45. The summed E-state index contributed by atoms with van der Waals surface area (Å²) in [5.41, 5.74) is 1.83. The van der Waals surface area contributed by atoms with Crippen LogP contribution in [0.2, 0.25) is 0 Å². The normalized spacial score (nSPS) is 9.94. The van der Waals surface area contributed by atoms with E-state index in [9.17, 15) is 9.59 Å². The zero-order valence-corrected chi connectivity index (χ0v) is 10.9. The Balaban J connectivity index is 2.69. The van der Waals surface area contributed by atoms with Gasteiger partial charge in [-0.25, -0.2) is 4.79 Å². The van der Waals surface area contributed by atoms with Crippen LogP contribution in [0.4, 0.5) is 5.69 Å². The topological polar surface area (TPSA) is 69.6 Å². The van der Waals surface area contributed by atoms with Gasteiger partial charge in [0.1, 0.15) is 0 Å². The van der Waals surface area contributed by atoms with Crippen molar-refractivity contribution in [2.24, 2.45) is 0 Å². The summed E-state index contributed by atoms with van der Waals surface area (Å²) in [6, 6.07) is 4.78. The van der Waals surface area contributed by atoms with Crippen LogP contribution in [0.25, 0.3) is 0 Å². The highest BCUT2D eigenvalue weighted by molar-refractivity contribution is 5.88. The number of benzene rings is 1. The van der Waals surface area contributed by atoms with Crippen molar-refractivity contribution in [1.82, 2.24) is 4.90 Å². The van der Waals surface area contributed by atoms with Gasteiger partial charge in [0.05, 0.1) is 12.1 Å². The number of carbonyl (C=O) groups excluding carboxylic acids is 1. The Labute approximate surface area is 106 Å². The molecule has 0 radical (unpaired) electrons. The Morgan fingerprint density at radius 2 is 2.06 bits per heavy atom. The number of hydrogen-bond donors (Lipinski definition) is 2. The number of aromatic carboxylic acids is 1. The summed E-state index contributed by atoms with van der Waals surface area (Å²) in [4.78, 5) is 24.0. The van der Waals surface area contributed by atoms with Crippen LogP contribution in [0.3, 0.4) is 0 Å². The summed E-state index contributed by atoms with van der Waals surface area (Å²) in [6.45, 7) is 4.59. The SMILES string of the molecule is CCN(C)C(=O)CNc1ccc(C(=O)O)cc1C. The van der Waals surface area contributed by atoms with Crippen molar-refractivity contribution in [3.63, 3.8) is 0 Å². The molecule has 0 aromatic heterocycles. The highest BCUT2D eigenvalue weighted by Gasteiger charge is 2.08. The van der Waals surface area contributed by atoms with Gasteiger partial charge in [-0.05, 0) is 37.6 Å². The molecule has 0 saturated carbocycles. The summed E-state index contributed by atoms with van der Waals surface area (Å²) in [5.74, 6) is -0.953. The van der Waals surface area contributed by atoms with Crippen LogP contribution in [0, 0.1) is 6.92 Å². The van der Waals surface area contributed by atoms with Crippen molar-refractivity contribution in [1.29, 1.82) is 0 Å². The average Bonchev–Trinajstić information content (AvgIpc) is 2.35. The molecular weight excluding hydrogens is 232 g/mol. The molecular formula is C13H18N2O3. The highest BCUT2D eigenvalue weighted by Crippen LogP contribution is 2.16. The van der Waals surface area contributed by atoms with Crippen LogP contribution in [0.15, 0.2) is 18.2 Å². The minimum atomic E-state index is -0.952. The summed E-state index contributed by atoms with van der Waals surface area (Å²) < 4.78 is 0. The van der Waals surface area contributed by atoms with Crippen molar-refractivity contribution in [2.75, 3.05) is 25.5 Å². The maximum atomic E-state index is 11.6. The fourth-order valence-electron chi connectivity index (χ4n) is 1.48. The maximum Gasteiger partial charge on any atom is 0.335 e. The third-order valence-electron chi connectivity index (χ3n) is 2.80.